The largest absolute Gasteiger partial charge is 0.491 e. The molecule has 4 rings (SSSR count). The van der Waals surface area contributed by atoms with Crippen LogP contribution in [0.15, 0.2) is 77.9 Å². The monoisotopic (exact) mass is 402 g/mol. The van der Waals surface area contributed by atoms with Gasteiger partial charge in [-0.05, 0) is 42.0 Å². The Morgan fingerprint density at radius 1 is 1.03 bits per heavy atom. The minimum Gasteiger partial charge on any atom is -0.491 e. The van der Waals surface area contributed by atoms with E-state index in [1.165, 1.54) is 17.0 Å². The van der Waals surface area contributed by atoms with Gasteiger partial charge in [0.2, 0.25) is 0 Å². The van der Waals surface area contributed by atoms with Crippen molar-refractivity contribution in [2.75, 3.05) is 6.61 Å². The lowest BCUT2D eigenvalue weighted by molar-refractivity contribution is 0.0945. The van der Waals surface area contributed by atoms with Gasteiger partial charge in [0.15, 0.2) is 0 Å². The van der Waals surface area contributed by atoms with E-state index in [2.05, 4.69) is 39.4 Å². The molecule has 0 spiro atoms. The van der Waals surface area contributed by atoms with Crippen molar-refractivity contribution < 1.29 is 14.6 Å². The SMILES string of the molecule is NC(=O)N/N=C/c1ccc(OCC(O)Cn2c3ccccc3c3ccccc32)cc1. The number of nitrogens with two attached hydrogens (primary N) is 1. The second-order valence-electron chi connectivity index (χ2n) is 6.91. The van der Waals surface area contributed by atoms with Crippen LogP contribution in [0.25, 0.3) is 21.8 Å². The quantitative estimate of drug-likeness (QED) is 0.327. The summed E-state index contributed by atoms with van der Waals surface area (Å²) >= 11 is 0. The van der Waals surface area contributed by atoms with Crippen molar-refractivity contribution >= 4 is 34.1 Å². The molecule has 1 unspecified atom stereocenters. The summed E-state index contributed by atoms with van der Waals surface area (Å²) in [6.07, 6.45) is 0.802. The van der Waals surface area contributed by atoms with Gasteiger partial charge in [0.25, 0.3) is 0 Å². The van der Waals surface area contributed by atoms with Crippen LogP contribution >= 0.6 is 0 Å². The van der Waals surface area contributed by atoms with Crippen LogP contribution in [0.2, 0.25) is 0 Å². The second kappa shape index (κ2) is 8.67. The molecule has 1 aromatic heterocycles. The molecular weight excluding hydrogens is 380 g/mol. The van der Waals surface area contributed by atoms with Gasteiger partial charge in [-0.25, -0.2) is 10.2 Å². The normalized spacial score (nSPS) is 12.4. The fourth-order valence-corrected chi connectivity index (χ4v) is 3.48. The van der Waals surface area contributed by atoms with Crippen molar-refractivity contribution in [2.45, 2.75) is 12.6 Å². The van der Waals surface area contributed by atoms with Crippen LogP contribution in [-0.4, -0.2) is 34.6 Å². The highest BCUT2D eigenvalue weighted by Crippen LogP contribution is 2.28. The van der Waals surface area contributed by atoms with Gasteiger partial charge in [0.1, 0.15) is 18.5 Å². The third-order valence-electron chi connectivity index (χ3n) is 4.78. The number of nitrogens with one attached hydrogen (secondary N) is 1. The average molecular weight is 402 g/mol. The minimum absolute atomic E-state index is 0.164. The number of carbonyl (C=O) groups excluding carboxylic acids is 1. The maximum absolute atomic E-state index is 10.6. The molecule has 0 bridgehead atoms. The highest BCUT2D eigenvalue weighted by Gasteiger charge is 2.13. The zero-order valence-corrected chi connectivity index (χ0v) is 16.2. The molecule has 1 atom stereocenters. The number of hydrazone groups is 1. The van der Waals surface area contributed by atoms with E-state index >= 15 is 0 Å². The Labute approximate surface area is 173 Å². The number of para-hydroxylation sites is 2. The Hall–Kier alpha value is -3.84. The van der Waals surface area contributed by atoms with Gasteiger partial charge in [0.05, 0.1) is 12.8 Å². The lowest BCUT2D eigenvalue weighted by Gasteiger charge is -2.15. The molecule has 0 radical (unpaired) electrons. The first-order valence-electron chi connectivity index (χ1n) is 9.57. The number of urea groups is 1. The highest BCUT2D eigenvalue weighted by molar-refractivity contribution is 6.07. The summed E-state index contributed by atoms with van der Waals surface area (Å²) < 4.78 is 7.87. The molecule has 0 fully saturated rings. The van der Waals surface area contributed by atoms with E-state index in [-0.39, 0.29) is 6.61 Å². The first-order chi connectivity index (χ1) is 14.6. The summed E-state index contributed by atoms with van der Waals surface area (Å²) in [6.45, 7) is 0.592. The number of hydrogen-bond donors (Lipinski definition) is 3. The van der Waals surface area contributed by atoms with E-state index in [1.807, 2.05) is 24.3 Å². The van der Waals surface area contributed by atoms with E-state index in [0.29, 0.717) is 12.3 Å². The molecule has 30 heavy (non-hydrogen) atoms. The summed E-state index contributed by atoms with van der Waals surface area (Å²) in [4.78, 5) is 10.6. The van der Waals surface area contributed by atoms with Crippen LogP contribution < -0.4 is 15.9 Å². The molecule has 3 aromatic carbocycles. The zero-order valence-electron chi connectivity index (χ0n) is 16.2. The number of ether oxygens (including phenoxy) is 1. The van der Waals surface area contributed by atoms with E-state index in [9.17, 15) is 9.90 Å². The van der Waals surface area contributed by atoms with Crippen LogP contribution in [0.3, 0.4) is 0 Å². The Kier molecular flexibility index (Phi) is 5.63. The van der Waals surface area contributed by atoms with Crippen molar-refractivity contribution in [1.29, 1.82) is 0 Å². The Bertz CT molecular complexity index is 1150. The predicted octanol–water partition coefficient (Wildman–Crippen LogP) is 3.24. The van der Waals surface area contributed by atoms with E-state index < -0.39 is 12.1 Å². The van der Waals surface area contributed by atoms with Crippen molar-refractivity contribution in [1.82, 2.24) is 9.99 Å². The third-order valence-corrected chi connectivity index (χ3v) is 4.78. The topological polar surface area (TPSA) is 102 Å². The van der Waals surface area contributed by atoms with Gasteiger partial charge in [0, 0.05) is 21.8 Å². The van der Waals surface area contributed by atoms with Crippen molar-refractivity contribution in [3.63, 3.8) is 0 Å². The number of fused-ring (bicyclic) bond motifs is 3. The summed E-state index contributed by atoms with van der Waals surface area (Å²) in [5, 5.41) is 16.6. The molecule has 0 saturated heterocycles. The van der Waals surface area contributed by atoms with E-state index in [4.69, 9.17) is 10.5 Å². The molecule has 0 saturated carbocycles. The first-order valence-corrected chi connectivity index (χ1v) is 9.57. The van der Waals surface area contributed by atoms with Crippen molar-refractivity contribution in [3.8, 4) is 5.75 Å². The fourth-order valence-electron chi connectivity index (χ4n) is 3.48. The Balaban J connectivity index is 1.42. The van der Waals surface area contributed by atoms with Gasteiger partial charge in [-0.1, -0.05) is 36.4 Å². The number of aliphatic hydroxyl groups is 1. The molecule has 2 amide bonds. The van der Waals surface area contributed by atoms with Crippen LogP contribution in [0.1, 0.15) is 5.56 Å². The first kappa shape index (κ1) is 19.5. The van der Waals surface area contributed by atoms with Crippen molar-refractivity contribution in [3.05, 3.63) is 78.4 Å². The van der Waals surface area contributed by atoms with E-state index in [1.54, 1.807) is 24.3 Å². The molecule has 152 valence electrons. The van der Waals surface area contributed by atoms with Gasteiger partial charge in [-0.2, -0.15) is 5.10 Å². The molecule has 7 nitrogen and oxygen atoms in total. The Morgan fingerprint density at radius 2 is 1.63 bits per heavy atom. The number of aliphatic hydroxyl groups excluding tert-OH is 1. The summed E-state index contributed by atoms with van der Waals surface area (Å²) in [5.74, 6) is 0.635. The highest BCUT2D eigenvalue weighted by atomic mass is 16.5. The number of carbonyl (C=O) groups is 1. The van der Waals surface area contributed by atoms with Crippen molar-refractivity contribution in [2.24, 2.45) is 10.8 Å². The predicted molar refractivity (Wildman–Crippen MR) is 118 cm³/mol. The summed E-state index contributed by atoms with van der Waals surface area (Å²) in [5.41, 5.74) is 10.0. The smallest absolute Gasteiger partial charge is 0.332 e. The molecule has 7 heteroatoms. The summed E-state index contributed by atoms with van der Waals surface area (Å²) in [7, 11) is 0. The van der Waals surface area contributed by atoms with Crippen LogP contribution in [-0.2, 0) is 6.54 Å². The number of rotatable bonds is 7. The standard InChI is InChI=1S/C23H22N4O3/c24-23(29)26-25-13-16-9-11-18(12-10-16)30-15-17(28)14-27-21-7-3-1-5-19(21)20-6-2-4-8-22(20)27/h1-13,17,28H,14-15H2,(H3,24,26,29)/b25-13+. The average Bonchev–Trinajstić information content (AvgIpc) is 3.07. The zero-order chi connectivity index (χ0) is 20.9. The van der Waals surface area contributed by atoms with E-state index in [0.717, 1.165) is 16.6 Å². The van der Waals surface area contributed by atoms with Gasteiger partial charge < -0.3 is 20.1 Å². The van der Waals surface area contributed by atoms with Gasteiger partial charge in [-0.15, -0.1) is 0 Å². The molecule has 4 N–H and O–H groups in total. The number of nitrogens with zero attached hydrogens (tertiary/aromatic N) is 2. The Morgan fingerprint density at radius 3 is 2.23 bits per heavy atom. The minimum atomic E-state index is -0.719. The van der Waals surface area contributed by atoms with Crippen LogP contribution in [0.5, 0.6) is 5.75 Å². The number of aromatic nitrogens is 1. The number of hydrogen-bond acceptors (Lipinski definition) is 4. The maximum Gasteiger partial charge on any atom is 0.332 e. The van der Waals surface area contributed by atoms with Crippen LogP contribution in [0, 0.1) is 0 Å². The van der Waals surface area contributed by atoms with Gasteiger partial charge in [-0.3, -0.25) is 0 Å². The lowest BCUT2D eigenvalue weighted by atomic mass is 10.2. The molecule has 4 aromatic rings. The molecular formula is C23H22N4O3. The molecule has 0 aliphatic heterocycles. The van der Waals surface area contributed by atoms with Crippen LogP contribution in [0.4, 0.5) is 4.79 Å². The number of amides is 2. The number of benzene rings is 3. The number of primary amides is 1. The fraction of sp³-hybridized carbons (Fsp3) is 0.130. The third kappa shape index (κ3) is 4.26. The molecule has 1 heterocycles. The molecule has 0 aliphatic rings. The summed E-state index contributed by atoms with van der Waals surface area (Å²) in [6, 6.07) is 22.8. The lowest BCUT2D eigenvalue weighted by Crippen LogP contribution is -2.24. The maximum atomic E-state index is 10.6. The molecule has 0 aliphatic carbocycles. The second-order valence-corrected chi connectivity index (χ2v) is 6.91. The van der Waals surface area contributed by atoms with Gasteiger partial charge >= 0.3 is 6.03 Å².